The van der Waals surface area contributed by atoms with Gasteiger partial charge in [-0.25, -0.2) is 9.97 Å². The average molecular weight is 522 g/mol. The lowest BCUT2D eigenvalue weighted by Gasteiger charge is -2.34. The molecule has 2 fully saturated rings. The minimum absolute atomic E-state index is 0.136. The Labute approximate surface area is 217 Å². The predicted octanol–water partition coefficient (Wildman–Crippen LogP) is 5.08. The summed E-state index contributed by atoms with van der Waals surface area (Å²) in [6.45, 7) is 1.98. The van der Waals surface area contributed by atoms with Gasteiger partial charge in [0.1, 0.15) is 5.82 Å². The van der Waals surface area contributed by atoms with Gasteiger partial charge in [-0.15, -0.1) is 16.4 Å². The first-order chi connectivity index (χ1) is 17.4. The van der Waals surface area contributed by atoms with Crippen LogP contribution in [0.4, 0.5) is 23.4 Å². The number of thiophene rings is 1. The highest BCUT2D eigenvalue weighted by Gasteiger charge is 2.43. The summed E-state index contributed by atoms with van der Waals surface area (Å²) in [6, 6.07) is 2.14. The van der Waals surface area contributed by atoms with E-state index in [9.17, 15) is 0 Å². The monoisotopic (exact) mass is 521 g/mol. The van der Waals surface area contributed by atoms with E-state index in [2.05, 4.69) is 31.4 Å². The lowest BCUT2D eigenvalue weighted by molar-refractivity contribution is 0.207. The fraction of sp³-hybridized carbons (Fsp3) is 0.480. The Kier molecular flexibility index (Phi) is 5.11. The third-order valence-corrected chi connectivity index (χ3v) is 9.73. The van der Waals surface area contributed by atoms with E-state index >= 15 is 0 Å². The second-order valence-electron chi connectivity index (χ2n) is 10.6. The second kappa shape index (κ2) is 8.27. The average Bonchev–Trinajstić information content (AvgIpc) is 3.64. The van der Waals surface area contributed by atoms with Crippen LogP contribution in [0.25, 0.3) is 16.0 Å². The number of nitrogens with two attached hydrogens (primary N) is 2. The number of aromatic nitrogens is 6. The molecular formula is C25H28ClN9S. The fourth-order valence-corrected chi connectivity index (χ4v) is 7.96. The smallest absolute Gasteiger partial charge is 0.249 e. The van der Waals surface area contributed by atoms with Crippen LogP contribution in [-0.4, -0.2) is 29.7 Å². The van der Waals surface area contributed by atoms with Gasteiger partial charge in [0.2, 0.25) is 17.2 Å². The number of fused-ring (bicyclic) bond motifs is 4. The first kappa shape index (κ1) is 22.2. The Morgan fingerprint density at radius 3 is 2.78 bits per heavy atom. The molecule has 36 heavy (non-hydrogen) atoms. The lowest BCUT2D eigenvalue weighted by Crippen LogP contribution is -2.27. The quantitative estimate of drug-likeness (QED) is 0.316. The van der Waals surface area contributed by atoms with E-state index in [1.807, 2.05) is 12.3 Å². The van der Waals surface area contributed by atoms with Gasteiger partial charge in [-0.05, 0) is 103 Å². The van der Waals surface area contributed by atoms with Crippen molar-refractivity contribution in [1.82, 2.24) is 29.7 Å². The predicted molar refractivity (Wildman–Crippen MR) is 143 cm³/mol. The molecule has 9 nitrogen and oxygen atoms in total. The van der Waals surface area contributed by atoms with Crippen molar-refractivity contribution in [3.8, 4) is 5.82 Å². The van der Waals surface area contributed by atoms with Gasteiger partial charge in [-0.2, -0.15) is 14.6 Å². The normalized spacial score (nSPS) is 24.9. The van der Waals surface area contributed by atoms with Crippen LogP contribution in [-0.2, 0) is 12.8 Å². The van der Waals surface area contributed by atoms with Crippen LogP contribution in [0.2, 0.25) is 5.28 Å². The Morgan fingerprint density at radius 2 is 1.97 bits per heavy atom. The maximum atomic E-state index is 6.35. The summed E-state index contributed by atoms with van der Waals surface area (Å²) < 4.78 is 2.34. The third-order valence-electron chi connectivity index (χ3n) is 8.48. The van der Waals surface area contributed by atoms with Crippen LogP contribution in [0.3, 0.4) is 0 Å². The van der Waals surface area contributed by atoms with Crippen molar-refractivity contribution in [3.05, 3.63) is 33.6 Å². The second-order valence-corrected chi connectivity index (χ2v) is 11.8. The largest absolute Gasteiger partial charge is 0.382 e. The summed E-state index contributed by atoms with van der Waals surface area (Å²) in [5.74, 6) is 5.01. The number of anilines is 4. The zero-order valence-corrected chi connectivity index (χ0v) is 21.6. The lowest BCUT2D eigenvalue weighted by atomic mass is 9.72. The van der Waals surface area contributed by atoms with E-state index in [1.165, 1.54) is 53.7 Å². The number of hydrogen-bond donors (Lipinski definition) is 3. The van der Waals surface area contributed by atoms with E-state index < -0.39 is 0 Å². The molecule has 2 saturated carbocycles. The summed E-state index contributed by atoms with van der Waals surface area (Å²) in [6.07, 6.45) is 9.04. The third kappa shape index (κ3) is 3.61. The maximum absolute atomic E-state index is 6.35. The van der Waals surface area contributed by atoms with Crippen LogP contribution < -0.4 is 16.8 Å². The summed E-state index contributed by atoms with van der Waals surface area (Å²) in [5, 5.41) is 9.97. The fourth-order valence-electron chi connectivity index (χ4n) is 6.83. The molecule has 4 aromatic heterocycles. The highest BCUT2D eigenvalue weighted by molar-refractivity contribution is 7.17. The number of halogens is 1. The first-order valence-corrected chi connectivity index (χ1v) is 13.9. The maximum Gasteiger partial charge on any atom is 0.249 e. The molecule has 3 aliphatic carbocycles. The zero-order chi connectivity index (χ0) is 24.6. The van der Waals surface area contributed by atoms with Crippen molar-refractivity contribution in [2.24, 2.45) is 23.7 Å². The molecule has 0 aliphatic heterocycles. The minimum Gasteiger partial charge on any atom is -0.382 e. The van der Waals surface area contributed by atoms with Crippen LogP contribution >= 0.6 is 22.9 Å². The topological polar surface area (TPSA) is 133 Å². The highest BCUT2D eigenvalue weighted by atomic mass is 35.5. The number of aryl methyl sites for hydroxylation is 2. The highest BCUT2D eigenvalue weighted by Crippen LogP contribution is 2.53. The Bertz CT molecular complexity index is 1490. The molecule has 2 bridgehead atoms. The van der Waals surface area contributed by atoms with Gasteiger partial charge >= 0.3 is 0 Å². The van der Waals surface area contributed by atoms with Crippen molar-refractivity contribution in [2.75, 3.05) is 16.8 Å². The van der Waals surface area contributed by atoms with E-state index in [0.29, 0.717) is 23.3 Å². The number of nitrogens with zero attached hydrogens (tertiary/aromatic N) is 6. The van der Waals surface area contributed by atoms with Gasteiger partial charge in [-0.3, -0.25) is 0 Å². The van der Waals surface area contributed by atoms with Crippen molar-refractivity contribution in [2.45, 2.75) is 51.9 Å². The molecular weight excluding hydrogens is 494 g/mol. The molecule has 11 heteroatoms. The molecule has 0 saturated heterocycles. The summed E-state index contributed by atoms with van der Waals surface area (Å²) in [7, 11) is 0. The molecule has 7 rings (SSSR count). The minimum atomic E-state index is 0.136. The number of hydrogen-bond acceptors (Lipinski definition) is 9. The van der Waals surface area contributed by atoms with E-state index in [-0.39, 0.29) is 11.2 Å². The van der Waals surface area contributed by atoms with Gasteiger partial charge in [0.05, 0.1) is 15.9 Å². The SMILES string of the molecule is Cc1csc2c(-n3nc(Nc4cc5c(nc4N)CCC(C4CC6CCC4C6)C5)nc3N)nc(Cl)nc12. The molecule has 4 aromatic rings. The molecule has 5 N–H and O–H groups in total. The number of rotatable bonds is 4. The molecule has 4 heterocycles. The first-order valence-electron chi connectivity index (χ1n) is 12.6. The van der Waals surface area contributed by atoms with Gasteiger partial charge in [-0.1, -0.05) is 6.42 Å². The summed E-state index contributed by atoms with van der Waals surface area (Å²) >= 11 is 7.72. The van der Waals surface area contributed by atoms with Crippen molar-refractivity contribution < 1.29 is 0 Å². The number of nitrogens with one attached hydrogen (secondary N) is 1. The Balaban J connectivity index is 1.17. The molecule has 186 valence electrons. The molecule has 3 aliphatic rings. The summed E-state index contributed by atoms with van der Waals surface area (Å²) in [4.78, 5) is 17.9. The number of nitrogen functional groups attached to an aromatic ring is 2. The van der Waals surface area contributed by atoms with Crippen LogP contribution in [0, 0.1) is 30.6 Å². The van der Waals surface area contributed by atoms with E-state index in [4.69, 9.17) is 28.1 Å². The van der Waals surface area contributed by atoms with Crippen molar-refractivity contribution in [1.29, 1.82) is 0 Å². The standard InChI is InChI=1S/C25H28ClN9S/c1-11-10-36-20-19(11)31-23(26)32-22(20)35-24(28)33-25(34-35)30-18-9-15-8-14(4-5-17(15)29-21(18)27)16-7-12-2-3-13(16)6-12/h9-10,12-14,16H,2-8H2,1H3,(H2,27,29)(H3,28,30,33,34). The summed E-state index contributed by atoms with van der Waals surface area (Å²) in [5.41, 5.74) is 17.5. The molecule has 0 aromatic carbocycles. The molecule has 0 amide bonds. The van der Waals surface area contributed by atoms with Gasteiger partial charge < -0.3 is 16.8 Å². The van der Waals surface area contributed by atoms with Crippen molar-refractivity contribution >= 4 is 56.6 Å². The van der Waals surface area contributed by atoms with Crippen molar-refractivity contribution in [3.63, 3.8) is 0 Å². The molecule has 0 spiro atoms. The Hall–Kier alpha value is -2.98. The molecule has 4 unspecified atom stereocenters. The zero-order valence-electron chi connectivity index (χ0n) is 20.0. The van der Waals surface area contributed by atoms with Crippen LogP contribution in [0.1, 0.15) is 48.9 Å². The molecule has 0 radical (unpaired) electrons. The number of pyridine rings is 1. The van der Waals surface area contributed by atoms with Gasteiger partial charge in [0.15, 0.2) is 5.82 Å². The van der Waals surface area contributed by atoms with Gasteiger partial charge in [0, 0.05) is 5.69 Å². The van der Waals surface area contributed by atoms with Crippen LogP contribution in [0.5, 0.6) is 0 Å². The van der Waals surface area contributed by atoms with Crippen LogP contribution in [0.15, 0.2) is 11.4 Å². The molecule has 4 atom stereocenters. The Morgan fingerprint density at radius 1 is 1.08 bits per heavy atom. The van der Waals surface area contributed by atoms with Gasteiger partial charge in [0.25, 0.3) is 0 Å². The van der Waals surface area contributed by atoms with E-state index in [1.54, 1.807) is 0 Å². The van der Waals surface area contributed by atoms with E-state index in [0.717, 1.165) is 58.0 Å².